The lowest BCUT2D eigenvalue weighted by atomic mass is 10.1. The normalized spacial score (nSPS) is 10.4. The van der Waals surface area contributed by atoms with Crippen LogP contribution in [0.25, 0.3) is 10.1 Å². The topological polar surface area (TPSA) is 23.8 Å². The third kappa shape index (κ3) is 1.39. The van der Waals surface area contributed by atoms with Gasteiger partial charge >= 0.3 is 0 Å². The van der Waals surface area contributed by atoms with Gasteiger partial charge in [0, 0.05) is 10.1 Å². The van der Waals surface area contributed by atoms with Crippen LogP contribution in [-0.2, 0) is 6.42 Å². The molecule has 2 aromatic rings. The molecule has 0 bridgehead atoms. The van der Waals surface area contributed by atoms with Gasteiger partial charge < -0.3 is 0 Å². The predicted molar refractivity (Wildman–Crippen MR) is 60.9 cm³/mol. The number of nitrogens with zero attached hydrogens (tertiary/aromatic N) is 1. The lowest BCUT2D eigenvalue weighted by Gasteiger charge is -1.95. The van der Waals surface area contributed by atoms with Gasteiger partial charge in [-0.15, -0.1) is 11.3 Å². The quantitative estimate of drug-likeness (QED) is 0.715. The van der Waals surface area contributed by atoms with Crippen molar-refractivity contribution in [3.8, 4) is 6.07 Å². The Morgan fingerprint density at radius 1 is 1.50 bits per heavy atom. The average molecular weight is 222 g/mol. The summed E-state index contributed by atoms with van der Waals surface area (Å²) in [5.74, 6) is 0. The minimum atomic E-state index is 0.593. The highest BCUT2D eigenvalue weighted by atomic mass is 35.5. The summed E-state index contributed by atoms with van der Waals surface area (Å²) in [7, 11) is 0. The monoisotopic (exact) mass is 221 g/mol. The van der Waals surface area contributed by atoms with Gasteiger partial charge in [-0.25, -0.2) is 0 Å². The molecule has 3 heteroatoms. The van der Waals surface area contributed by atoms with Crippen molar-refractivity contribution in [3.63, 3.8) is 0 Å². The fourth-order valence-electron chi connectivity index (χ4n) is 1.44. The summed E-state index contributed by atoms with van der Waals surface area (Å²) in [5.41, 5.74) is 1.88. The van der Waals surface area contributed by atoms with E-state index in [4.69, 9.17) is 16.9 Å². The van der Waals surface area contributed by atoms with Crippen molar-refractivity contribution < 1.29 is 0 Å². The van der Waals surface area contributed by atoms with Crippen LogP contribution in [-0.4, -0.2) is 0 Å². The Balaban J connectivity index is 2.76. The van der Waals surface area contributed by atoms with Crippen LogP contribution in [0.3, 0.4) is 0 Å². The van der Waals surface area contributed by atoms with Crippen molar-refractivity contribution in [2.45, 2.75) is 13.3 Å². The molecule has 14 heavy (non-hydrogen) atoms. The molecule has 1 aromatic carbocycles. The van der Waals surface area contributed by atoms with Crippen LogP contribution in [0.1, 0.15) is 18.1 Å². The van der Waals surface area contributed by atoms with Gasteiger partial charge in [-0.2, -0.15) is 5.26 Å². The molecule has 0 aliphatic rings. The number of fused-ring (bicyclic) bond motifs is 1. The van der Waals surface area contributed by atoms with Gasteiger partial charge in [-0.1, -0.05) is 30.7 Å². The van der Waals surface area contributed by atoms with E-state index in [0.29, 0.717) is 9.90 Å². The van der Waals surface area contributed by atoms with Gasteiger partial charge in [0.1, 0.15) is 10.4 Å². The number of nitriles is 1. The largest absolute Gasteiger partial charge is 0.192 e. The molecule has 70 valence electrons. The first kappa shape index (κ1) is 9.51. The summed E-state index contributed by atoms with van der Waals surface area (Å²) in [6, 6.07) is 8.27. The van der Waals surface area contributed by atoms with Gasteiger partial charge in [-0.05, 0) is 18.1 Å². The van der Waals surface area contributed by atoms with E-state index in [-0.39, 0.29) is 0 Å². The van der Waals surface area contributed by atoms with E-state index < -0.39 is 0 Å². The van der Waals surface area contributed by atoms with E-state index >= 15 is 0 Å². The number of rotatable bonds is 1. The predicted octanol–water partition coefficient (Wildman–Crippen LogP) is 3.99. The highest BCUT2D eigenvalue weighted by molar-refractivity contribution is 7.23. The van der Waals surface area contributed by atoms with E-state index in [9.17, 15) is 0 Å². The smallest absolute Gasteiger partial charge is 0.112 e. The Kier molecular flexibility index (Phi) is 2.45. The van der Waals surface area contributed by atoms with Crippen LogP contribution in [0.4, 0.5) is 0 Å². The molecular formula is C11H8ClNS. The van der Waals surface area contributed by atoms with Crippen LogP contribution in [0, 0.1) is 11.3 Å². The molecule has 0 amide bonds. The lowest BCUT2D eigenvalue weighted by Crippen LogP contribution is -1.78. The Morgan fingerprint density at radius 2 is 2.29 bits per heavy atom. The minimum Gasteiger partial charge on any atom is -0.192 e. The van der Waals surface area contributed by atoms with Crippen LogP contribution >= 0.6 is 22.9 Å². The molecule has 1 nitrogen and oxygen atoms in total. The van der Waals surface area contributed by atoms with Gasteiger partial charge in [0.2, 0.25) is 0 Å². The maximum Gasteiger partial charge on any atom is 0.112 e. The van der Waals surface area contributed by atoms with Crippen LogP contribution in [0.15, 0.2) is 18.2 Å². The highest BCUT2D eigenvalue weighted by Crippen LogP contribution is 2.35. The summed E-state index contributed by atoms with van der Waals surface area (Å²) in [6.45, 7) is 2.11. The maximum absolute atomic E-state index is 8.90. The number of thiophene rings is 1. The first-order valence-corrected chi connectivity index (χ1v) is 5.56. The van der Waals surface area contributed by atoms with E-state index in [1.165, 1.54) is 16.9 Å². The molecule has 0 aliphatic heterocycles. The summed E-state index contributed by atoms with van der Waals surface area (Å²) >= 11 is 7.44. The van der Waals surface area contributed by atoms with Gasteiger partial charge in [0.15, 0.2) is 0 Å². The Hall–Kier alpha value is -1.04. The minimum absolute atomic E-state index is 0.593. The third-order valence-electron chi connectivity index (χ3n) is 2.23. The second kappa shape index (κ2) is 3.61. The van der Waals surface area contributed by atoms with Crippen molar-refractivity contribution in [2.24, 2.45) is 0 Å². The number of halogens is 1. The van der Waals surface area contributed by atoms with Crippen LogP contribution in [0.5, 0.6) is 0 Å². The molecule has 1 heterocycles. The molecule has 0 saturated carbocycles. The zero-order valence-electron chi connectivity index (χ0n) is 7.67. The van der Waals surface area contributed by atoms with E-state index in [1.54, 1.807) is 0 Å². The number of benzene rings is 1. The molecule has 0 aliphatic carbocycles. The van der Waals surface area contributed by atoms with E-state index in [0.717, 1.165) is 16.5 Å². The van der Waals surface area contributed by atoms with Crippen molar-refractivity contribution in [2.75, 3.05) is 0 Å². The first-order chi connectivity index (χ1) is 6.76. The fourth-order valence-corrected chi connectivity index (χ4v) is 2.77. The lowest BCUT2D eigenvalue weighted by molar-refractivity contribution is 1.15. The SMILES string of the molecule is CCc1ccc2c(C#N)c(Cl)sc2c1. The zero-order chi connectivity index (χ0) is 10.1. The van der Waals surface area contributed by atoms with E-state index in [2.05, 4.69) is 19.1 Å². The second-order valence-electron chi connectivity index (χ2n) is 3.05. The van der Waals surface area contributed by atoms with E-state index in [1.807, 2.05) is 12.1 Å². The second-order valence-corrected chi connectivity index (χ2v) is 4.70. The Labute approximate surface area is 91.5 Å². The van der Waals surface area contributed by atoms with Gasteiger partial charge in [0.25, 0.3) is 0 Å². The molecule has 0 saturated heterocycles. The van der Waals surface area contributed by atoms with Crippen molar-refractivity contribution in [3.05, 3.63) is 33.7 Å². The number of aryl methyl sites for hydroxylation is 1. The summed E-state index contributed by atoms with van der Waals surface area (Å²) in [4.78, 5) is 0. The van der Waals surface area contributed by atoms with Crippen molar-refractivity contribution >= 4 is 33.0 Å². The molecule has 0 atom stereocenters. The molecule has 0 fully saturated rings. The number of hydrogen-bond donors (Lipinski definition) is 0. The van der Waals surface area contributed by atoms with Crippen LogP contribution < -0.4 is 0 Å². The standard InChI is InChI=1S/C11H8ClNS/c1-2-7-3-4-8-9(6-13)11(12)14-10(8)5-7/h3-5H,2H2,1H3. The highest BCUT2D eigenvalue weighted by Gasteiger charge is 2.09. The summed E-state index contributed by atoms with van der Waals surface area (Å²) in [5, 5.41) is 9.88. The summed E-state index contributed by atoms with van der Waals surface area (Å²) in [6.07, 6.45) is 1.01. The molecular weight excluding hydrogens is 214 g/mol. The first-order valence-electron chi connectivity index (χ1n) is 4.37. The molecule has 0 unspecified atom stereocenters. The summed E-state index contributed by atoms with van der Waals surface area (Å²) < 4.78 is 1.70. The van der Waals surface area contributed by atoms with Crippen molar-refractivity contribution in [1.29, 1.82) is 5.26 Å². The fraction of sp³-hybridized carbons (Fsp3) is 0.182. The molecule has 1 aromatic heterocycles. The van der Waals surface area contributed by atoms with Gasteiger partial charge in [0.05, 0.1) is 5.56 Å². The van der Waals surface area contributed by atoms with Gasteiger partial charge in [-0.3, -0.25) is 0 Å². The third-order valence-corrected chi connectivity index (χ3v) is 3.59. The molecule has 0 spiro atoms. The van der Waals surface area contributed by atoms with Crippen LogP contribution in [0.2, 0.25) is 4.34 Å². The number of hydrogen-bond acceptors (Lipinski definition) is 2. The Morgan fingerprint density at radius 3 is 2.93 bits per heavy atom. The Bertz CT molecular complexity index is 522. The average Bonchev–Trinajstić information content (AvgIpc) is 2.51. The molecule has 0 radical (unpaired) electrons. The molecule has 0 N–H and O–H groups in total. The maximum atomic E-state index is 8.90. The molecule has 2 rings (SSSR count). The zero-order valence-corrected chi connectivity index (χ0v) is 9.25. The van der Waals surface area contributed by atoms with Crippen molar-refractivity contribution in [1.82, 2.24) is 0 Å².